The van der Waals surface area contributed by atoms with Crippen LogP contribution in [0, 0.1) is 18.8 Å². The Morgan fingerprint density at radius 3 is 2.67 bits per heavy atom. The zero-order valence-corrected chi connectivity index (χ0v) is 13.2. The predicted octanol–water partition coefficient (Wildman–Crippen LogP) is 1.94. The van der Waals surface area contributed by atoms with Crippen molar-refractivity contribution in [1.29, 1.82) is 0 Å². The molecule has 0 aromatic heterocycles. The molecule has 1 heterocycles. The summed E-state index contributed by atoms with van der Waals surface area (Å²) in [6.07, 6.45) is -0.456. The van der Waals surface area contributed by atoms with Gasteiger partial charge >= 0.3 is 5.97 Å². The van der Waals surface area contributed by atoms with Crippen molar-refractivity contribution >= 4 is 15.8 Å². The first-order valence-corrected chi connectivity index (χ1v) is 8.51. The largest absolute Gasteiger partial charge is 0.435 e. The van der Waals surface area contributed by atoms with Gasteiger partial charge in [-0.1, -0.05) is 25.1 Å². The van der Waals surface area contributed by atoms with Crippen LogP contribution in [0.4, 0.5) is 0 Å². The molecule has 0 amide bonds. The Bertz CT molecular complexity index is 623. The summed E-state index contributed by atoms with van der Waals surface area (Å²) in [5.74, 6) is -0.835. The summed E-state index contributed by atoms with van der Waals surface area (Å²) in [4.78, 5) is 11.7. The minimum absolute atomic E-state index is 0.0288. The summed E-state index contributed by atoms with van der Waals surface area (Å²) in [6, 6.07) is 6.91. The highest BCUT2D eigenvalue weighted by Gasteiger charge is 2.40. The highest BCUT2D eigenvalue weighted by atomic mass is 32.2. The topological polar surface area (TPSA) is 69.7 Å². The number of aryl methyl sites for hydroxylation is 1. The van der Waals surface area contributed by atoms with E-state index in [1.54, 1.807) is 25.1 Å². The Balaban J connectivity index is 2.17. The molecule has 0 radical (unpaired) electrons. The van der Waals surface area contributed by atoms with E-state index < -0.39 is 16.1 Å². The number of ether oxygens (including phenoxy) is 2. The van der Waals surface area contributed by atoms with Crippen LogP contribution in [-0.2, 0) is 24.1 Å². The standard InChI is InChI=1S/C15H20O5S/c1-10-6-4-5-7-13(10)21(17,18)9-11(2)12-8-14(16)20-15(12)19-3/h4-7,11-12,15H,8-9H2,1-3H3. The van der Waals surface area contributed by atoms with Gasteiger partial charge in [0, 0.05) is 13.0 Å². The zero-order valence-electron chi connectivity index (χ0n) is 12.4. The molecule has 1 saturated heterocycles. The minimum Gasteiger partial charge on any atom is -0.435 e. The van der Waals surface area contributed by atoms with Gasteiger partial charge in [0.1, 0.15) is 0 Å². The number of carbonyl (C=O) groups excluding carboxylic acids is 1. The Hall–Kier alpha value is -1.40. The number of rotatable bonds is 5. The molecule has 1 aliphatic heterocycles. The molecule has 3 atom stereocenters. The summed E-state index contributed by atoms with van der Waals surface area (Å²) in [5.41, 5.74) is 0.728. The first-order valence-electron chi connectivity index (χ1n) is 6.86. The van der Waals surface area contributed by atoms with E-state index in [0.717, 1.165) is 5.56 Å². The molecule has 0 N–H and O–H groups in total. The number of benzene rings is 1. The van der Waals surface area contributed by atoms with Crippen molar-refractivity contribution in [2.45, 2.75) is 31.5 Å². The lowest BCUT2D eigenvalue weighted by Gasteiger charge is -2.22. The molecule has 116 valence electrons. The summed E-state index contributed by atoms with van der Waals surface area (Å²) < 4.78 is 35.2. The number of hydrogen-bond acceptors (Lipinski definition) is 5. The second-order valence-corrected chi connectivity index (χ2v) is 7.49. The maximum absolute atomic E-state index is 12.5. The molecule has 0 aliphatic carbocycles. The van der Waals surface area contributed by atoms with E-state index in [4.69, 9.17) is 9.47 Å². The number of esters is 1. The van der Waals surface area contributed by atoms with Crippen LogP contribution in [0.25, 0.3) is 0 Å². The molecule has 1 aromatic rings. The Labute approximate surface area is 125 Å². The number of methoxy groups -OCH3 is 1. The highest BCUT2D eigenvalue weighted by molar-refractivity contribution is 7.91. The van der Waals surface area contributed by atoms with Gasteiger partial charge in [-0.3, -0.25) is 4.79 Å². The van der Waals surface area contributed by atoms with Crippen LogP contribution in [0.2, 0.25) is 0 Å². The second-order valence-electron chi connectivity index (χ2n) is 5.49. The lowest BCUT2D eigenvalue weighted by molar-refractivity contribution is -0.162. The predicted molar refractivity (Wildman–Crippen MR) is 77.4 cm³/mol. The average Bonchev–Trinajstić information content (AvgIpc) is 2.80. The lowest BCUT2D eigenvalue weighted by Crippen LogP contribution is -2.29. The number of carbonyl (C=O) groups is 1. The molecule has 1 aliphatic rings. The molecule has 0 saturated carbocycles. The SMILES string of the molecule is COC1OC(=O)CC1C(C)CS(=O)(=O)c1ccccc1C. The molecule has 3 unspecified atom stereocenters. The normalized spacial score (nSPS) is 23.9. The first-order chi connectivity index (χ1) is 9.85. The van der Waals surface area contributed by atoms with Gasteiger partial charge in [0.2, 0.25) is 6.29 Å². The van der Waals surface area contributed by atoms with Gasteiger partial charge in [0.05, 0.1) is 17.1 Å². The number of sulfone groups is 1. The Kier molecular flexibility index (Phi) is 4.68. The van der Waals surface area contributed by atoms with Crippen LogP contribution in [0.3, 0.4) is 0 Å². The van der Waals surface area contributed by atoms with E-state index in [-0.39, 0.29) is 30.0 Å². The van der Waals surface area contributed by atoms with Gasteiger partial charge in [-0.05, 0) is 24.5 Å². The van der Waals surface area contributed by atoms with E-state index in [1.165, 1.54) is 7.11 Å². The Morgan fingerprint density at radius 1 is 1.38 bits per heavy atom. The van der Waals surface area contributed by atoms with E-state index in [2.05, 4.69) is 0 Å². The molecule has 0 bridgehead atoms. The van der Waals surface area contributed by atoms with Crippen molar-refractivity contribution in [2.75, 3.05) is 12.9 Å². The molecule has 1 aromatic carbocycles. The summed E-state index contributed by atoms with van der Waals surface area (Å²) in [5, 5.41) is 0. The maximum atomic E-state index is 12.5. The number of cyclic esters (lactones) is 1. The molecule has 0 spiro atoms. The van der Waals surface area contributed by atoms with Crippen LogP contribution in [-0.4, -0.2) is 33.5 Å². The summed E-state index contributed by atoms with van der Waals surface area (Å²) in [7, 11) is -1.94. The van der Waals surface area contributed by atoms with Crippen molar-refractivity contribution in [3.8, 4) is 0 Å². The number of hydrogen-bond donors (Lipinski definition) is 0. The zero-order chi connectivity index (χ0) is 15.6. The molecular formula is C15H20O5S. The molecule has 21 heavy (non-hydrogen) atoms. The molecule has 2 rings (SSSR count). The van der Waals surface area contributed by atoms with Crippen LogP contribution in [0.15, 0.2) is 29.2 Å². The first kappa shape index (κ1) is 16.0. The quantitative estimate of drug-likeness (QED) is 0.777. The van der Waals surface area contributed by atoms with Gasteiger partial charge in [-0.2, -0.15) is 0 Å². The van der Waals surface area contributed by atoms with Crippen LogP contribution in [0.5, 0.6) is 0 Å². The smallest absolute Gasteiger partial charge is 0.308 e. The van der Waals surface area contributed by atoms with Gasteiger partial charge in [0.15, 0.2) is 9.84 Å². The third-order valence-electron chi connectivity index (χ3n) is 3.87. The summed E-state index contributed by atoms with van der Waals surface area (Å²) in [6.45, 7) is 3.59. The summed E-state index contributed by atoms with van der Waals surface area (Å²) >= 11 is 0. The van der Waals surface area contributed by atoms with Crippen molar-refractivity contribution in [3.63, 3.8) is 0 Å². The van der Waals surface area contributed by atoms with Crippen molar-refractivity contribution < 1.29 is 22.7 Å². The third-order valence-corrected chi connectivity index (χ3v) is 5.97. The van der Waals surface area contributed by atoms with Gasteiger partial charge in [-0.15, -0.1) is 0 Å². The van der Waals surface area contributed by atoms with Crippen molar-refractivity contribution in [2.24, 2.45) is 11.8 Å². The minimum atomic E-state index is -3.40. The van der Waals surface area contributed by atoms with E-state index in [0.29, 0.717) is 4.90 Å². The van der Waals surface area contributed by atoms with Crippen LogP contribution >= 0.6 is 0 Å². The monoisotopic (exact) mass is 312 g/mol. The van der Waals surface area contributed by atoms with E-state index in [1.807, 2.05) is 13.0 Å². The second kappa shape index (κ2) is 6.15. The fourth-order valence-corrected chi connectivity index (χ4v) is 4.67. The highest BCUT2D eigenvalue weighted by Crippen LogP contribution is 2.31. The van der Waals surface area contributed by atoms with Gasteiger partial charge in [0.25, 0.3) is 0 Å². The Morgan fingerprint density at radius 2 is 2.05 bits per heavy atom. The van der Waals surface area contributed by atoms with Crippen molar-refractivity contribution in [3.05, 3.63) is 29.8 Å². The molecular weight excluding hydrogens is 292 g/mol. The fraction of sp³-hybridized carbons (Fsp3) is 0.533. The van der Waals surface area contributed by atoms with Gasteiger partial charge < -0.3 is 9.47 Å². The molecule has 6 heteroatoms. The van der Waals surface area contributed by atoms with E-state index in [9.17, 15) is 13.2 Å². The third kappa shape index (κ3) is 3.44. The lowest BCUT2D eigenvalue weighted by atomic mass is 9.94. The van der Waals surface area contributed by atoms with Crippen LogP contribution in [0.1, 0.15) is 18.9 Å². The maximum Gasteiger partial charge on any atom is 0.308 e. The van der Waals surface area contributed by atoms with Crippen LogP contribution < -0.4 is 0 Å². The molecule has 5 nitrogen and oxygen atoms in total. The molecule has 1 fully saturated rings. The average molecular weight is 312 g/mol. The van der Waals surface area contributed by atoms with Crippen molar-refractivity contribution in [1.82, 2.24) is 0 Å². The van der Waals surface area contributed by atoms with Gasteiger partial charge in [-0.25, -0.2) is 8.42 Å². The fourth-order valence-electron chi connectivity index (χ4n) is 2.71. The van der Waals surface area contributed by atoms with E-state index >= 15 is 0 Å².